The van der Waals surface area contributed by atoms with E-state index in [1.165, 1.54) is 35.7 Å². The lowest BCUT2D eigenvalue weighted by Crippen LogP contribution is -2.68. The number of carboxylic acid groups (broad SMARTS) is 2. The van der Waals surface area contributed by atoms with Gasteiger partial charge in [0.2, 0.25) is 17.7 Å². The topological polar surface area (TPSA) is 408 Å². The number of thioether (sulfide) groups is 2. The Morgan fingerprint density at radius 3 is 1.28 bits per heavy atom. The Morgan fingerprint density at radius 1 is 0.511 bits per heavy atom. The number of carbonyl (C=O) groups is 8. The number of hydrogen-bond acceptors (Lipinski definition) is 20. The second kappa shape index (κ2) is 35.6. The first-order valence-corrected chi connectivity index (χ1v) is 32.7. The molecule has 12 atom stereocenters. The SMILES string of the molecule is CC(=O)N[C@@H]1[C@@H](O)C[C@](OCCCSCCNC(=O)c2ccc(NC(=O)CCSCCCO[C@]3(C(=O)O)C[C@H](O)[C@@H](NC(C)=O)[C@H](C(O)[C@H](O)CNC(=O)c4ccc(-c5ccccc5)cc4)O3)cc2)(C(=O)O)O[C@H]1C(O)[C@H](O)CNC(=O)c1ccc(-c2ccccc2)cc1. The maximum absolute atomic E-state index is 13.0. The molecular formula is C66H80N6O20S2. The van der Waals surface area contributed by atoms with E-state index in [0.29, 0.717) is 40.7 Å². The molecule has 2 saturated heterocycles. The molecule has 0 saturated carbocycles. The molecule has 94 heavy (non-hydrogen) atoms. The molecule has 26 nitrogen and oxygen atoms in total. The van der Waals surface area contributed by atoms with Gasteiger partial charge in [0, 0.05) is 86.6 Å². The first-order valence-electron chi connectivity index (χ1n) is 30.4. The first kappa shape index (κ1) is 73.6. The minimum Gasteiger partial charge on any atom is -0.477 e. The molecule has 0 aliphatic carbocycles. The summed E-state index contributed by atoms with van der Waals surface area (Å²) in [6, 6.07) is 35.9. The second-order valence-corrected chi connectivity index (χ2v) is 24.9. The fourth-order valence-corrected chi connectivity index (χ4v) is 12.1. The highest BCUT2D eigenvalue weighted by Gasteiger charge is 2.57. The van der Waals surface area contributed by atoms with Crippen LogP contribution < -0.4 is 31.9 Å². The Kier molecular flexibility index (Phi) is 27.9. The number of rotatable bonds is 34. The van der Waals surface area contributed by atoms with Crippen LogP contribution in [0.5, 0.6) is 0 Å². The predicted octanol–water partition coefficient (Wildman–Crippen LogP) is 2.53. The molecule has 2 aliphatic rings. The van der Waals surface area contributed by atoms with Gasteiger partial charge in [0.25, 0.3) is 29.3 Å². The molecule has 0 spiro atoms. The van der Waals surface area contributed by atoms with E-state index >= 15 is 0 Å². The number of hydrogen-bond donors (Lipinski definition) is 14. The van der Waals surface area contributed by atoms with Crippen molar-refractivity contribution in [1.82, 2.24) is 26.6 Å². The number of carboxylic acids is 2. The highest BCUT2D eigenvalue weighted by molar-refractivity contribution is 7.99. The van der Waals surface area contributed by atoms with Gasteiger partial charge in [-0.2, -0.15) is 23.5 Å². The molecule has 28 heteroatoms. The molecule has 506 valence electrons. The van der Waals surface area contributed by atoms with E-state index in [4.69, 9.17) is 18.9 Å². The number of anilines is 1. The molecule has 5 aromatic carbocycles. The summed E-state index contributed by atoms with van der Waals surface area (Å²) >= 11 is 2.80. The van der Waals surface area contributed by atoms with Gasteiger partial charge < -0.3 is 91.7 Å². The largest absolute Gasteiger partial charge is 0.477 e. The van der Waals surface area contributed by atoms with Crippen molar-refractivity contribution in [3.8, 4) is 22.3 Å². The normalized spacial score (nSPS) is 22.3. The van der Waals surface area contributed by atoms with Crippen LogP contribution in [0, 0.1) is 0 Å². The van der Waals surface area contributed by atoms with Crippen LogP contribution in [0.1, 0.15) is 77.0 Å². The van der Waals surface area contributed by atoms with Crippen molar-refractivity contribution in [2.24, 2.45) is 0 Å². The zero-order valence-electron chi connectivity index (χ0n) is 51.7. The van der Waals surface area contributed by atoms with Gasteiger partial charge >= 0.3 is 11.9 Å². The summed E-state index contributed by atoms with van der Waals surface area (Å²) in [5.74, 6) is -9.65. The van der Waals surface area contributed by atoms with E-state index in [0.717, 1.165) is 36.1 Å². The van der Waals surface area contributed by atoms with Crippen LogP contribution in [0.4, 0.5) is 5.69 Å². The number of aliphatic carboxylic acids is 2. The lowest BCUT2D eigenvalue weighted by molar-refractivity contribution is -0.310. The number of aliphatic hydroxyl groups is 6. The van der Waals surface area contributed by atoms with Crippen LogP contribution in [-0.4, -0.2) is 217 Å². The van der Waals surface area contributed by atoms with Gasteiger partial charge in [-0.05, 0) is 95.1 Å². The third-order valence-corrected chi connectivity index (χ3v) is 17.6. The van der Waals surface area contributed by atoms with Crippen molar-refractivity contribution in [1.29, 1.82) is 0 Å². The molecule has 2 fully saturated rings. The minimum atomic E-state index is -2.50. The highest BCUT2D eigenvalue weighted by Crippen LogP contribution is 2.36. The summed E-state index contributed by atoms with van der Waals surface area (Å²) in [6.07, 6.45) is -14.6. The number of aliphatic hydroxyl groups excluding tert-OH is 6. The summed E-state index contributed by atoms with van der Waals surface area (Å²) in [6.45, 7) is 1.16. The number of nitrogens with one attached hydrogen (secondary N) is 6. The number of benzene rings is 5. The van der Waals surface area contributed by atoms with Gasteiger partial charge in [-0.3, -0.25) is 28.8 Å². The molecule has 2 aliphatic heterocycles. The van der Waals surface area contributed by atoms with Gasteiger partial charge in [0.05, 0.1) is 49.7 Å². The first-order chi connectivity index (χ1) is 45.0. The zero-order chi connectivity index (χ0) is 68.0. The Labute approximate surface area is 550 Å². The predicted molar refractivity (Wildman–Crippen MR) is 347 cm³/mol. The lowest BCUT2D eigenvalue weighted by Gasteiger charge is -2.46. The van der Waals surface area contributed by atoms with Gasteiger partial charge in [-0.25, -0.2) is 9.59 Å². The highest BCUT2D eigenvalue weighted by atomic mass is 32.2. The zero-order valence-corrected chi connectivity index (χ0v) is 53.3. The van der Waals surface area contributed by atoms with Crippen LogP contribution in [0.15, 0.2) is 133 Å². The van der Waals surface area contributed by atoms with E-state index < -0.39 is 134 Å². The monoisotopic (exact) mass is 1340 g/mol. The van der Waals surface area contributed by atoms with Crippen molar-refractivity contribution < 1.29 is 98.2 Å². The van der Waals surface area contributed by atoms with E-state index in [1.54, 1.807) is 60.7 Å². The number of carbonyl (C=O) groups excluding carboxylic acids is 6. The lowest BCUT2D eigenvalue weighted by atomic mass is 9.88. The fraction of sp³-hybridized carbons (Fsp3) is 0.424. The third kappa shape index (κ3) is 20.8. The maximum atomic E-state index is 13.0. The minimum absolute atomic E-state index is 0.101. The Bertz CT molecular complexity index is 3320. The molecule has 0 radical (unpaired) electrons. The summed E-state index contributed by atoms with van der Waals surface area (Å²) in [5, 5.41) is 103. The average Bonchev–Trinajstić information content (AvgIpc) is 0.780. The van der Waals surface area contributed by atoms with Crippen LogP contribution in [-0.2, 0) is 42.9 Å². The standard InChI is InChI=1S/C66H80N6O20S2/c1-39(73)70-54-49(75)35-65(63(85)86,91-58(54)56(80)51(77)37-68-61(83)45-19-15-43(16-20-45)41-11-5-3-6-12-41)89-29-9-31-93-33-27-53(79)72-48-25-23-47(24-26-48)60(82)67-28-34-94-32-10-30-90-66(64(87)88)36-50(76)55(71-40(2)74)59(92-66)57(81)52(78)38-69-62(84)46-21-17-44(18-22-46)42-13-7-4-8-14-42/h3-8,11-26,49-52,54-59,75-78,80-81H,9-10,27-38H2,1-2H3,(H,67,82)(H,68,83)(H,69,84)(H,70,73)(H,71,74)(H,72,79)(H,85,86)(H,87,88)/t49-,50-,51+,52+,54+,55+,56?,57?,58+,59+,65+,66+/m0/s1. The average molecular weight is 1340 g/mol. The smallest absolute Gasteiger partial charge is 0.364 e. The van der Waals surface area contributed by atoms with E-state index in [9.17, 15) is 79.2 Å². The number of amides is 6. The van der Waals surface area contributed by atoms with Gasteiger partial charge in [-0.15, -0.1) is 0 Å². The molecule has 0 aromatic heterocycles. The van der Waals surface area contributed by atoms with Crippen LogP contribution in [0.2, 0.25) is 0 Å². The molecule has 5 aromatic rings. The van der Waals surface area contributed by atoms with Crippen molar-refractivity contribution in [3.63, 3.8) is 0 Å². The third-order valence-electron chi connectivity index (χ3n) is 15.4. The Balaban J connectivity index is 0.773. The molecule has 7 rings (SSSR count). The number of ether oxygens (including phenoxy) is 4. The van der Waals surface area contributed by atoms with E-state index in [1.807, 2.05) is 60.7 Å². The molecule has 2 unspecified atom stereocenters. The summed E-state index contributed by atoms with van der Waals surface area (Å²) in [4.78, 5) is 101. The molecule has 6 amide bonds. The Hall–Kier alpha value is -7.84. The fourth-order valence-electron chi connectivity index (χ4n) is 10.5. The second-order valence-electron chi connectivity index (χ2n) is 22.5. The molecular weight excluding hydrogens is 1260 g/mol. The van der Waals surface area contributed by atoms with Crippen LogP contribution in [0.3, 0.4) is 0 Å². The van der Waals surface area contributed by atoms with Gasteiger partial charge in [-0.1, -0.05) is 84.9 Å². The van der Waals surface area contributed by atoms with Gasteiger partial charge in [0.15, 0.2) is 0 Å². The maximum Gasteiger partial charge on any atom is 0.364 e. The molecule has 2 heterocycles. The quantitative estimate of drug-likeness (QED) is 0.0263. The Morgan fingerprint density at radius 2 is 0.883 bits per heavy atom. The summed E-state index contributed by atoms with van der Waals surface area (Å²) in [7, 11) is 0. The summed E-state index contributed by atoms with van der Waals surface area (Å²) < 4.78 is 23.2. The van der Waals surface area contributed by atoms with Crippen molar-refractivity contribution in [2.45, 2.75) is 118 Å². The van der Waals surface area contributed by atoms with Crippen molar-refractivity contribution in [2.75, 3.05) is 61.2 Å². The van der Waals surface area contributed by atoms with Crippen molar-refractivity contribution in [3.05, 3.63) is 150 Å². The van der Waals surface area contributed by atoms with Crippen LogP contribution >= 0.6 is 23.5 Å². The molecule has 14 N–H and O–H groups in total. The van der Waals surface area contributed by atoms with Crippen molar-refractivity contribution >= 4 is 76.6 Å². The van der Waals surface area contributed by atoms with E-state index in [2.05, 4.69) is 31.9 Å². The van der Waals surface area contributed by atoms with Gasteiger partial charge in [0.1, 0.15) is 24.4 Å². The van der Waals surface area contributed by atoms with E-state index in [-0.39, 0.29) is 55.5 Å². The van der Waals surface area contributed by atoms with Crippen LogP contribution in [0.25, 0.3) is 22.3 Å². The molecule has 0 bridgehead atoms. The summed E-state index contributed by atoms with van der Waals surface area (Å²) in [5.41, 5.74) is 4.93.